The molecule has 2 aliphatic heterocycles. The third-order valence-electron chi connectivity index (χ3n) is 3.63. The molecule has 0 radical (unpaired) electrons. The highest BCUT2D eigenvalue weighted by molar-refractivity contribution is 6.06. The summed E-state index contributed by atoms with van der Waals surface area (Å²) in [5.74, 6) is -0.145. The largest absolute Gasteiger partial charge is 0.327 e. The van der Waals surface area contributed by atoms with Crippen LogP contribution in [0.2, 0.25) is 0 Å². The first-order valence-electron chi connectivity index (χ1n) is 6.52. The molecule has 0 bridgehead atoms. The Hall–Kier alpha value is -0.850. The molecule has 110 valence electrons. The Morgan fingerprint density at radius 1 is 1.37 bits per heavy atom. The van der Waals surface area contributed by atoms with Crippen LogP contribution in [0.1, 0.15) is 26.7 Å². The van der Waals surface area contributed by atoms with Gasteiger partial charge in [0.15, 0.2) is 0 Å². The van der Waals surface area contributed by atoms with Gasteiger partial charge in [0, 0.05) is 25.7 Å². The Morgan fingerprint density at radius 3 is 2.58 bits per heavy atom. The number of carbonyl (C=O) groups is 2. The topological polar surface area (TPSA) is 78.7 Å². The van der Waals surface area contributed by atoms with Crippen LogP contribution in [-0.4, -0.2) is 59.5 Å². The number of hydrogen-bond acceptors (Lipinski definition) is 4. The van der Waals surface area contributed by atoms with Crippen molar-refractivity contribution >= 4 is 24.3 Å². The zero-order valence-corrected chi connectivity index (χ0v) is 12.3. The summed E-state index contributed by atoms with van der Waals surface area (Å²) in [5.41, 5.74) is 5.14. The molecule has 3 amide bonds. The summed E-state index contributed by atoms with van der Waals surface area (Å²) in [6.45, 7) is 6.46. The van der Waals surface area contributed by atoms with Crippen molar-refractivity contribution in [2.75, 3.05) is 26.2 Å². The lowest BCUT2D eigenvalue weighted by Gasteiger charge is -2.31. The van der Waals surface area contributed by atoms with Crippen LogP contribution in [0.25, 0.3) is 0 Å². The van der Waals surface area contributed by atoms with Crippen LogP contribution in [0.5, 0.6) is 0 Å². The van der Waals surface area contributed by atoms with Gasteiger partial charge >= 0.3 is 6.03 Å². The van der Waals surface area contributed by atoms with E-state index >= 15 is 0 Å². The predicted molar refractivity (Wildman–Crippen MR) is 75.2 cm³/mol. The highest BCUT2D eigenvalue weighted by atomic mass is 35.5. The van der Waals surface area contributed by atoms with Gasteiger partial charge in [0.2, 0.25) is 0 Å². The van der Waals surface area contributed by atoms with Crippen molar-refractivity contribution in [1.29, 1.82) is 0 Å². The maximum atomic E-state index is 12.0. The Bertz CT molecular complexity index is 362. The third-order valence-corrected chi connectivity index (χ3v) is 3.63. The molecule has 0 aromatic heterocycles. The fourth-order valence-corrected chi connectivity index (χ4v) is 2.56. The van der Waals surface area contributed by atoms with Gasteiger partial charge in [0.25, 0.3) is 5.91 Å². The summed E-state index contributed by atoms with van der Waals surface area (Å²) >= 11 is 0. The number of amides is 3. The molecule has 2 fully saturated rings. The Kier molecular flexibility index (Phi) is 5.18. The average molecular weight is 291 g/mol. The lowest BCUT2D eigenvalue weighted by molar-refractivity contribution is -0.130. The molecular formula is C12H23ClN4O2. The van der Waals surface area contributed by atoms with E-state index in [1.165, 1.54) is 4.90 Å². The van der Waals surface area contributed by atoms with E-state index in [2.05, 4.69) is 10.2 Å². The molecule has 6 nitrogen and oxygen atoms in total. The Labute approximate surface area is 120 Å². The van der Waals surface area contributed by atoms with Crippen LogP contribution in [0, 0.1) is 0 Å². The molecule has 1 atom stereocenters. The second-order valence-corrected chi connectivity index (χ2v) is 5.71. The van der Waals surface area contributed by atoms with Crippen LogP contribution in [0.4, 0.5) is 4.79 Å². The van der Waals surface area contributed by atoms with Crippen molar-refractivity contribution in [3.8, 4) is 0 Å². The molecule has 2 aliphatic rings. The minimum atomic E-state index is -0.768. The van der Waals surface area contributed by atoms with Crippen molar-refractivity contribution in [3.63, 3.8) is 0 Å². The van der Waals surface area contributed by atoms with Gasteiger partial charge in [-0.3, -0.25) is 9.69 Å². The molecule has 0 unspecified atom stereocenters. The smallest absolute Gasteiger partial charge is 0.325 e. The maximum absolute atomic E-state index is 12.0. The molecule has 2 heterocycles. The first-order valence-corrected chi connectivity index (χ1v) is 6.52. The summed E-state index contributed by atoms with van der Waals surface area (Å²) in [5, 5.41) is 2.68. The minimum Gasteiger partial charge on any atom is -0.327 e. The highest BCUT2D eigenvalue weighted by Crippen LogP contribution is 2.16. The van der Waals surface area contributed by atoms with Crippen LogP contribution in [0.3, 0.4) is 0 Å². The molecule has 19 heavy (non-hydrogen) atoms. The van der Waals surface area contributed by atoms with Crippen molar-refractivity contribution in [2.24, 2.45) is 5.73 Å². The lowest BCUT2D eigenvalue weighted by Crippen LogP contribution is -2.47. The van der Waals surface area contributed by atoms with Crippen molar-refractivity contribution in [3.05, 3.63) is 0 Å². The van der Waals surface area contributed by atoms with E-state index in [0.717, 1.165) is 25.9 Å². The molecular weight excluding hydrogens is 268 g/mol. The van der Waals surface area contributed by atoms with Gasteiger partial charge in [0.1, 0.15) is 5.54 Å². The van der Waals surface area contributed by atoms with Crippen molar-refractivity contribution < 1.29 is 9.59 Å². The molecule has 0 aromatic rings. The number of hydrogen-bond donors (Lipinski definition) is 2. The fourth-order valence-electron chi connectivity index (χ4n) is 2.56. The number of rotatable bonds is 3. The number of piperidine rings is 1. The number of nitrogens with zero attached hydrogens (tertiary/aromatic N) is 2. The Morgan fingerprint density at radius 2 is 2.05 bits per heavy atom. The number of halogens is 1. The van der Waals surface area contributed by atoms with Crippen molar-refractivity contribution in [1.82, 2.24) is 15.1 Å². The summed E-state index contributed by atoms with van der Waals surface area (Å²) in [4.78, 5) is 27.2. The molecule has 0 saturated carbocycles. The second-order valence-electron chi connectivity index (χ2n) is 5.71. The zero-order chi connectivity index (χ0) is 13.3. The summed E-state index contributed by atoms with van der Waals surface area (Å²) < 4.78 is 0. The van der Waals surface area contributed by atoms with E-state index in [-0.39, 0.29) is 30.4 Å². The average Bonchev–Trinajstić information content (AvgIpc) is 2.46. The fraction of sp³-hybridized carbons (Fsp3) is 0.833. The molecule has 0 aliphatic carbocycles. The monoisotopic (exact) mass is 290 g/mol. The third kappa shape index (κ3) is 3.58. The number of imide groups is 1. The molecule has 0 aromatic carbocycles. The van der Waals surface area contributed by atoms with Gasteiger partial charge in [-0.25, -0.2) is 4.79 Å². The van der Waals surface area contributed by atoms with Gasteiger partial charge in [-0.1, -0.05) is 0 Å². The van der Waals surface area contributed by atoms with E-state index in [4.69, 9.17) is 5.73 Å². The minimum absolute atomic E-state index is 0. The van der Waals surface area contributed by atoms with Gasteiger partial charge < -0.3 is 16.0 Å². The maximum Gasteiger partial charge on any atom is 0.325 e. The molecule has 3 N–H and O–H groups in total. The standard InChI is InChI=1S/C12H22N4O2.ClH/c1-12(2)10(17)16(11(18)14-12)7-6-15-5-3-4-9(13)8-15;/h9H,3-8,13H2,1-2H3,(H,14,18);1H/t9-;/m1./s1. The molecule has 2 saturated heterocycles. The van der Waals surface area contributed by atoms with Gasteiger partial charge in [0.05, 0.1) is 0 Å². The van der Waals surface area contributed by atoms with Gasteiger partial charge in [-0.15, -0.1) is 12.4 Å². The van der Waals surface area contributed by atoms with Crippen molar-refractivity contribution in [2.45, 2.75) is 38.3 Å². The molecule has 2 rings (SSSR count). The number of urea groups is 1. The normalized spacial score (nSPS) is 27.1. The SMILES string of the molecule is CC1(C)NC(=O)N(CCN2CCC[C@@H](N)C2)C1=O.Cl. The quantitative estimate of drug-likeness (QED) is 0.726. The highest BCUT2D eigenvalue weighted by Gasteiger charge is 2.43. The zero-order valence-electron chi connectivity index (χ0n) is 11.5. The summed E-state index contributed by atoms with van der Waals surface area (Å²) in [6.07, 6.45) is 2.15. The van der Waals surface area contributed by atoms with E-state index in [1.807, 2.05) is 0 Å². The molecule has 7 heteroatoms. The summed E-state index contributed by atoms with van der Waals surface area (Å²) in [7, 11) is 0. The van der Waals surface area contributed by atoms with Crippen LogP contribution in [-0.2, 0) is 4.79 Å². The lowest BCUT2D eigenvalue weighted by atomic mass is 10.1. The number of carbonyl (C=O) groups excluding carboxylic acids is 2. The van der Waals surface area contributed by atoms with Crippen LogP contribution in [0.15, 0.2) is 0 Å². The van der Waals surface area contributed by atoms with Gasteiger partial charge in [-0.2, -0.15) is 0 Å². The van der Waals surface area contributed by atoms with E-state index in [9.17, 15) is 9.59 Å². The van der Waals surface area contributed by atoms with E-state index < -0.39 is 5.54 Å². The van der Waals surface area contributed by atoms with Gasteiger partial charge in [-0.05, 0) is 33.2 Å². The van der Waals surface area contributed by atoms with E-state index in [0.29, 0.717) is 13.1 Å². The molecule has 0 spiro atoms. The second kappa shape index (κ2) is 6.07. The predicted octanol–water partition coefficient (Wildman–Crippen LogP) is 0.162. The summed E-state index contributed by atoms with van der Waals surface area (Å²) in [6, 6.07) is -0.0652. The first-order chi connectivity index (χ1) is 8.40. The number of nitrogens with two attached hydrogens (primary N) is 1. The Balaban J connectivity index is 0.00000180. The number of likely N-dealkylation sites (tertiary alicyclic amines) is 1. The number of nitrogens with one attached hydrogen (secondary N) is 1. The van der Waals surface area contributed by atoms with Crippen LogP contribution < -0.4 is 11.1 Å². The van der Waals surface area contributed by atoms with Crippen LogP contribution >= 0.6 is 12.4 Å². The van der Waals surface area contributed by atoms with E-state index in [1.54, 1.807) is 13.8 Å². The first kappa shape index (κ1) is 16.2.